The zero-order chi connectivity index (χ0) is 22.6. The number of likely N-dealkylation sites (N-methyl/N-ethyl adjacent to an activating group) is 1. The molecule has 0 spiro atoms. The first kappa shape index (κ1) is 21.4. The van der Waals surface area contributed by atoms with Gasteiger partial charge in [-0.3, -0.25) is 4.79 Å². The predicted octanol–water partition coefficient (Wildman–Crippen LogP) is 5.39. The van der Waals surface area contributed by atoms with Gasteiger partial charge < -0.3 is 14.3 Å². The maximum atomic E-state index is 13.4. The van der Waals surface area contributed by atoms with Crippen molar-refractivity contribution >= 4 is 33.2 Å². The Labute approximate surface area is 184 Å². The number of benzene rings is 2. The Balaban J connectivity index is 1.72. The summed E-state index contributed by atoms with van der Waals surface area (Å²) in [5.41, 5.74) is 1.87. The van der Waals surface area contributed by atoms with Crippen molar-refractivity contribution < 1.29 is 22.5 Å². The van der Waals surface area contributed by atoms with E-state index in [-0.39, 0.29) is 22.8 Å². The lowest BCUT2D eigenvalue weighted by Crippen LogP contribution is -2.56. The molecule has 1 amide bonds. The summed E-state index contributed by atoms with van der Waals surface area (Å²) in [5.74, 6) is -1.93. The van der Waals surface area contributed by atoms with E-state index >= 15 is 0 Å². The van der Waals surface area contributed by atoms with Crippen LogP contribution in [-0.2, 0) is 6.18 Å². The smallest absolute Gasteiger partial charge is 0.366 e. The number of rotatable bonds is 2. The molecule has 0 aliphatic carbocycles. The third-order valence-corrected chi connectivity index (χ3v) is 5.82. The number of alkyl halides is 3. The minimum atomic E-state index is -4.73. The number of fused-ring (bicyclic) bond motifs is 1. The van der Waals surface area contributed by atoms with Gasteiger partial charge in [0.15, 0.2) is 0 Å². The van der Waals surface area contributed by atoms with Gasteiger partial charge in [0.2, 0.25) is 5.82 Å². The van der Waals surface area contributed by atoms with Crippen LogP contribution in [0.4, 0.5) is 24.5 Å². The second-order valence-electron chi connectivity index (χ2n) is 7.90. The minimum absolute atomic E-state index is 0.231. The lowest BCUT2D eigenvalue weighted by atomic mass is 9.96. The normalized spacial score (nSPS) is 15.7. The van der Waals surface area contributed by atoms with E-state index in [0.717, 1.165) is 15.8 Å². The van der Waals surface area contributed by atoms with Gasteiger partial charge in [-0.2, -0.15) is 18.2 Å². The molecular formula is C21H18BrF3N4O2. The summed E-state index contributed by atoms with van der Waals surface area (Å²) in [4.78, 5) is 20.6. The zero-order valence-electron chi connectivity index (χ0n) is 16.9. The van der Waals surface area contributed by atoms with E-state index in [4.69, 9.17) is 0 Å². The fourth-order valence-corrected chi connectivity index (χ4v) is 3.83. The molecule has 4 rings (SSSR count). The van der Waals surface area contributed by atoms with Gasteiger partial charge in [-0.25, -0.2) is 0 Å². The molecule has 0 saturated carbocycles. The van der Waals surface area contributed by atoms with Gasteiger partial charge in [0.25, 0.3) is 5.91 Å². The number of hydrogen-bond donors (Lipinski definition) is 0. The van der Waals surface area contributed by atoms with Crippen molar-refractivity contribution in [1.29, 1.82) is 0 Å². The van der Waals surface area contributed by atoms with E-state index in [2.05, 4.69) is 35.5 Å². The molecule has 2 heterocycles. The lowest BCUT2D eigenvalue weighted by Gasteiger charge is -2.47. The molecular weight excluding hydrogens is 477 g/mol. The molecule has 3 aromatic rings. The Bertz CT molecular complexity index is 1160. The van der Waals surface area contributed by atoms with Crippen molar-refractivity contribution in [2.24, 2.45) is 0 Å². The number of anilines is 2. The molecule has 2 aromatic carbocycles. The molecule has 0 fully saturated rings. The largest absolute Gasteiger partial charge is 0.471 e. The maximum Gasteiger partial charge on any atom is 0.471 e. The average Bonchev–Trinajstić information content (AvgIpc) is 3.21. The van der Waals surface area contributed by atoms with E-state index in [0.29, 0.717) is 12.1 Å². The second-order valence-corrected chi connectivity index (χ2v) is 8.81. The molecule has 1 aliphatic rings. The molecule has 0 radical (unpaired) electrons. The number of carbonyl (C=O) groups is 1. The summed E-state index contributed by atoms with van der Waals surface area (Å²) in [6, 6.07) is 11.9. The van der Waals surface area contributed by atoms with E-state index in [1.807, 2.05) is 39.1 Å². The van der Waals surface area contributed by atoms with Crippen molar-refractivity contribution in [3.05, 3.63) is 58.4 Å². The van der Waals surface area contributed by atoms with Gasteiger partial charge in [-0.1, -0.05) is 33.2 Å². The number of nitrogens with zero attached hydrogens (tertiary/aromatic N) is 4. The van der Waals surface area contributed by atoms with Crippen molar-refractivity contribution in [3.8, 4) is 11.4 Å². The third kappa shape index (κ3) is 3.91. The second kappa shape index (κ2) is 7.37. The molecule has 1 aliphatic heterocycles. The van der Waals surface area contributed by atoms with Crippen LogP contribution in [0.15, 0.2) is 51.5 Å². The van der Waals surface area contributed by atoms with E-state index < -0.39 is 12.1 Å². The summed E-state index contributed by atoms with van der Waals surface area (Å²) in [6.45, 7) is 4.50. The predicted molar refractivity (Wildman–Crippen MR) is 113 cm³/mol. The first-order chi connectivity index (χ1) is 14.5. The summed E-state index contributed by atoms with van der Waals surface area (Å²) in [7, 11) is 1.97. The standard InChI is InChI=1S/C21H18BrF3N4O2/c1-20(2)11-29(15-8-7-14(22)10-16(15)28(20)3)18(30)13-6-4-5-12(9-13)17-26-19(31-27-17)21(23,24)25/h4-10H,11H2,1-3H3. The fourth-order valence-electron chi connectivity index (χ4n) is 3.48. The first-order valence-electron chi connectivity index (χ1n) is 9.34. The fraction of sp³-hybridized carbons (Fsp3) is 0.286. The Morgan fingerprint density at radius 2 is 1.90 bits per heavy atom. The van der Waals surface area contributed by atoms with Crippen LogP contribution in [0.1, 0.15) is 30.1 Å². The Kier molecular flexibility index (Phi) is 5.07. The van der Waals surface area contributed by atoms with Crippen LogP contribution in [0.5, 0.6) is 0 Å². The molecule has 6 nitrogen and oxygen atoms in total. The summed E-state index contributed by atoms with van der Waals surface area (Å²) >= 11 is 3.48. The minimum Gasteiger partial charge on any atom is -0.366 e. The van der Waals surface area contributed by atoms with E-state index in [1.165, 1.54) is 12.1 Å². The third-order valence-electron chi connectivity index (χ3n) is 5.32. The molecule has 0 saturated heterocycles. The highest BCUT2D eigenvalue weighted by Gasteiger charge is 2.39. The number of aromatic nitrogens is 2. The molecule has 162 valence electrons. The summed E-state index contributed by atoms with van der Waals surface area (Å²) in [6.07, 6.45) is -4.73. The molecule has 0 N–H and O–H groups in total. The van der Waals surface area contributed by atoms with E-state index in [1.54, 1.807) is 17.0 Å². The van der Waals surface area contributed by atoms with Crippen molar-refractivity contribution in [3.63, 3.8) is 0 Å². The van der Waals surface area contributed by atoms with Gasteiger partial charge in [-0.05, 0) is 44.2 Å². The SMILES string of the molecule is CN1c2cc(Br)ccc2N(C(=O)c2cccc(-c3noc(C(F)(F)F)n3)c2)CC1(C)C. The molecule has 31 heavy (non-hydrogen) atoms. The Morgan fingerprint density at radius 3 is 2.58 bits per heavy atom. The highest BCUT2D eigenvalue weighted by atomic mass is 79.9. The summed E-state index contributed by atoms with van der Waals surface area (Å²) in [5, 5.41) is 3.40. The van der Waals surface area contributed by atoms with E-state index in [9.17, 15) is 18.0 Å². The molecule has 10 heteroatoms. The van der Waals surface area contributed by atoms with Crippen LogP contribution in [0, 0.1) is 0 Å². The molecule has 1 aromatic heterocycles. The molecule has 0 unspecified atom stereocenters. The number of hydrogen-bond acceptors (Lipinski definition) is 5. The van der Waals surface area contributed by atoms with Crippen molar-refractivity contribution in [2.45, 2.75) is 25.6 Å². The summed E-state index contributed by atoms with van der Waals surface area (Å²) < 4.78 is 43.5. The van der Waals surface area contributed by atoms with Crippen molar-refractivity contribution in [2.75, 3.05) is 23.4 Å². The van der Waals surface area contributed by atoms with Crippen LogP contribution in [0.2, 0.25) is 0 Å². The number of carbonyl (C=O) groups excluding carboxylic acids is 1. The highest BCUT2D eigenvalue weighted by Crippen LogP contribution is 2.41. The topological polar surface area (TPSA) is 62.5 Å². The Hall–Kier alpha value is -2.88. The Morgan fingerprint density at radius 1 is 1.16 bits per heavy atom. The average molecular weight is 495 g/mol. The maximum absolute atomic E-state index is 13.4. The lowest BCUT2D eigenvalue weighted by molar-refractivity contribution is -0.159. The van der Waals surface area contributed by atoms with Gasteiger partial charge in [0.1, 0.15) is 0 Å². The zero-order valence-corrected chi connectivity index (χ0v) is 18.5. The quantitative estimate of drug-likeness (QED) is 0.477. The van der Waals surface area contributed by atoms with Gasteiger partial charge in [0, 0.05) is 29.2 Å². The van der Waals surface area contributed by atoms with Gasteiger partial charge >= 0.3 is 12.1 Å². The van der Waals surface area contributed by atoms with Crippen LogP contribution in [-0.4, -0.2) is 35.2 Å². The van der Waals surface area contributed by atoms with Gasteiger partial charge in [0.05, 0.1) is 16.9 Å². The number of halogens is 4. The monoisotopic (exact) mass is 494 g/mol. The van der Waals surface area contributed by atoms with Gasteiger partial charge in [-0.15, -0.1) is 0 Å². The van der Waals surface area contributed by atoms with Crippen LogP contribution >= 0.6 is 15.9 Å². The van der Waals surface area contributed by atoms with Crippen molar-refractivity contribution in [1.82, 2.24) is 10.1 Å². The highest BCUT2D eigenvalue weighted by molar-refractivity contribution is 9.10. The molecule has 0 atom stereocenters. The first-order valence-corrected chi connectivity index (χ1v) is 10.1. The molecule has 0 bridgehead atoms. The van der Waals surface area contributed by atoms with Crippen LogP contribution in [0.3, 0.4) is 0 Å². The van der Waals surface area contributed by atoms with Crippen LogP contribution in [0.25, 0.3) is 11.4 Å². The van der Waals surface area contributed by atoms with Crippen LogP contribution < -0.4 is 9.80 Å². The number of amides is 1.